The van der Waals surface area contributed by atoms with Crippen molar-refractivity contribution in [2.75, 3.05) is 5.32 Å². The van der Waals surface area contributed by atoms with Crippen LogP contribution in [0.4, 0.5) is 5.95 Å². The number of nitrogens with zero attached hydrogens (tertiary/aromatic N) is 4. The molecule has 0 spiro atoms. The van der Waals surface area contributed by atoms with E-state index in [2.05, 4.69) is 36.3 Å². The van der Waals surface area contributed by atoms with Gasteiger partial charge in [-0.15, -0.1) is 0 Å². The largest absolute Gasteiger partial charge is 0.291 e. The lowest BCUT2D eigenvalue weighted by Crippen LogP contribution is -2.15. The monoisotopic (exact) mass is 281 g/mol. The third-order valence-corrected chi connectivity index (χ3v) is 2.36. The molecule has 6 nitrogen and oxygen atoms in total. The molecule has 2 aromatic rings. The van der Waals surface area contributed by atoms with Crippen LogP contribution in [0.1, 0.15) is 10.4 Å². The van der Waals surface area contributed by atoms with Crippen LogP contribution in [0.25, 0.3) is 0 Å². The summed E-state index contributed by atoms with van der Waals surface area (Å²) in [6, 6.07) is 3.25. The minimum atomic E-state index is -0.251. The second-order valence-corrected chi connectivity index (χ2v) is 3.84. The summed E-state index contributed by atoms with van der Waals surface area (Å²) in [6.45, 7) is 0. The molecule has 82 valence electrons. The first-order valence-electron chi connectivity index (χ1n) is 4.44. The number of halogens is 1. The SMILES string of the molecule is Cn1ncnc1NC(=O)c1ccnc(Br)c1. The summed E-state index contributed by atoms with van der Waals surface area (Å²) >= 11 is 3.20. The number of hydrogen-bond acceptors (Lipinski definition) is 4. The Labute approximate surface area is 99.8 Å². The molecule has 0 atom stereocenters. The zero-order chi connectivity index (χ0) is 11.5. The third-order valence-electron chi connectivity index (χ3n) is 1.93. The highest BCUT2D eigenvalue weighted by Crippen LogP contribution is 2.09. The first-order chi connectivity index (χ1) is 7.66. The molecule has 0 fully saturated rings. The molecule has 0 unspecified atom stereocenters. The molecule has 0 aliphatic rings. The molecule has 2 aromatic heterocycles. The predicted octanol–water partition coefficient (Wildman–Crippen LogP) is 1.22. The molecule has 0 aliphatic heterocycles. The molecule has 2 heterocycles. The Hall–Kier alpha value is -1.76. The van der Waals surface area contributed by atoms with Gasteiger partial charge in [-0.1, -0.05) is 0 Å². The van der Waals surface area contributed by atoms with Crippen LogP contribution in [0, 0.1) is 0 Å². The topological polar surface area (TPSA) is 72.7 Å². The summed E-state index contributed by atoms with van der Waals surface area (Å²) < 4.78 is 2.09. The number of nitrogens with one attached hydrogen (secondary N) is 1. The van der Waals surface area contributed by atoms with Gasteiger partial charge >= 0.3 is 0 Å². The molecule has 1 N–H and O–H groups in total. The predicted molar refractivity (Wildman–Crippen MR) is 60.9 cm³/mol. The third kappa shape index (κ3) is 2.25. The average Bonchev–Trinajstić information content (AvgIpc) is 2.64. The van der Waals surface area contributed by atoms with Crippen molar-refractivity contribution in [1.82, 2.24) is 19.7 Å². The standard InChI is InChI=1S/C9H8BrN5O/c1-15-9(12-5-13-15)14-8(16)6-2-3-11-7(10)4-6/h2-5H,1H3,(H,12,13,14,16). The van der Waals surface area contributed by atoms with Gasteiger partial charge in [0.15, 0.2) is 0 Å². The van der Waals surface area contributed by atoms with Crippen LogP contribution in [-0.4, -0.2) is 25.7 Å². The Morgan fingerprint density at radius 2 is 2.31 bits per heavy atom. The number of aryl methyl sites for hydroxylation is 1. The second-order valence-electron chi connectivity index (χ2n) is 3.03. The van der Waals surface area contributed by atoms with Crippen molar-refractivity contribution in [1.29, 1.82) is 0 Å². The van der Waals surface area contributed by atoms with Crippen LogP contribution in [0.3, 0.4) is 0 Å². The van der Waals surface area contributed by atoms with E-state index in [9.17, 15) is 4.79 Å². The van der Waals surface area contributed by atoms with Gasteiger partial charge in [0.25, 0.3) is 5.91 Å². The van der Waals surface area contributed by atoms with Gasteiger partial charge in [-0.05, 0) is 28.1 Å². The van der Waals surface area contributed by atoms with E-state index in [1.165, 1.54) is 11.0 Å². The summed E-state index contributed by atoms with van der Waals surface area (Å²) in [5.74, 6) is 0.150. The zero-order valence-corrected chi connectivity index (χ0v) is 9.97. The van der Waals surface area contributed by atoms with Crippen LogP contribution in [0.2, 0.25) is 0 Å². The van der Waals surface area contributed by atoms with E-state index in [1.54, 1.807) is 25.4 Å². The van der Waals surface area contributed by atoms with Crippen LogP contribution < -0.4 is 5.32 Å². The minimum Gasteiger partial charge on any atom is -0.291 e. The molecule has 0 saturated carbocycles. The van der Waals surface area contributed by atoms with Gasteiger partial charge < -0.3 is 0 Å². The van der Waals surface area contributed by atoms with Crippen LogP contribution in [0.5, 0.6) is 0 Å². The lowest BCUT2D eigenvalue weighted by atomic mass is 10.2. The highest BCUT2D eigenvalue weighted by atomic mass is 79.9. The van der Waals surface area contributed by atoms with Crippen LogP contribution in [0.15, 0.2) is 29.3 Å². The summed E-state index contributed by atoms with van der Waals surface area (Å²) in [7, 11) is 1.70. The lowest BCUT2D eigenvalue weighted by molar-refractivity contribution is 0.102. The van der Waals surface area contributed by atoms with Crippen molar-refractivity contribution in [3.63, 3.8) is 0 Å². The molecule has 2 rings (SSSR count). The van der Waals surface area contributed by atoms with Crippen molar-refractivity contribution < 1.29 is 4.79 Å². The number of rotatable bonds is 2. The fourth-order valence-corrected chi connectivity index (χ4v) is 1.49. The average molecular weight is 282 g/mol. The molecular formula is C9H8BrN5O. The quantitative estimate of drug-likeness (QED) is 0.841. The van der Waals surface area contributed by atoms with Gasteiger partial charge in [0.1, 0.15) is 10.9 Å². The highest BCUT2D eigenvalue weighted by molar-refractivity contribution is 9.10. The highest BCUT2D eigenvalue weighted by Gasteiger charge is 2.09. The Bertz CT molecular complexity index is 524. The summed E-state index contributed by atoms with van der Waals surface area (Å²) in [5, 5.41) is 6.49. The smallest absolute Gasteiger partial charge is 0.258 e. The van der Waals surface area contributed by atoms with Gasteiger partial charge in [0, 0.05) is 18.8 Å². The van der Waals surface area contributed by atoms with Crippen LogP contribution >= 0.6 is 15.9 Å². The number of pyridine rings is 1. The maximum absolute atomic E-state index is 11.8. The molecule has 0 aliphatic carbocycles. The number of hydrogen-bond donors (Lipinski definition) is 1. The normalized spacial score (nSPS) is 10.1. The Balaban J connectivity index is 2.18. The number of carbonyl (C=O) groups excluding carboxylic acids is 1. The van der Waals surface area contributed by atoms with Gasteiger partial charge in [0.2, 0.25) is 5.95 Å². The fourth-order valence-electron chi connectivity index (χ4n) is 1.13. The number of carbonyl (C=O) groups is 1. The maximum atomic E-state index is 11.8. The molecule has 16 heavy (non-hydrogen) atoms. The van der Waals surface area contributed by atoms with E-state index in [-0.39, 0.29) is 5.91 Å². The van der Waals surface area contributed by atoms with E-state index in [0.717, 1.165) is 0 Å². The lowest BCUT2D eigenvalue weighted by Gasteiger charge is -2.03. The van der Waals surface area contributed by atoms with Gasteiger partial charge in [-0.3, -0.25) is 10.1 Å². The summed E-state index contributed by atoms with van der Waals surface area (Å²) in [4.78, 5) is 19.6. The first kappa shape index (κ1) is 10.7. The Kier molecular flexibility index (Phi) is 2.95. The van der Waals surface area contributed by atoms with E-state index < -0.39 is 0 Å². The van der Waals surface area contributed by atoms with E-state index in [0.29, 0.717) is 16.1 Å². The molecule has 1 amide bonds. The van der Waals surface area contributed by atoms with Crippen molar-refractivity contribution in [2.45, 2.75) is 0 Å². The number of anilines is 1. The molecule has 0 saturated heterocycles. The Morgan fingerprint density at radius 3 is 2.94 bits per heavy atom. The van der Waals surface area contributed by atoms with Crippen molar-refractivity contribution in [2.24, 2.45) is 7.05 Å². The molecule has 0 radical (unpaired) electrons. The molecular weight excluding hydrogens is 274 g/mol. The van der Waals surface area contributed by atoms with Gasteiger partial charge in [-0.25, -0.2) is 9.67 Å². The van der Waals surface area contributed by atoms with E-state index in [1.807, 2.05) is 0 Å². The second kappa shape index (κ2) is 4.40. The Morgan fingerprint density at radius 1 is 1.50 bits per heavy atom. The van der Waals surface area contributed by atoms with Crippen LogP contribution in [-0.2, 0) is 7.05 Å². The van der Waals surface area contributed by atoms with E-state index in [4.69, 9.17) is 0 Å². The van der Waals surface area contributed by atoms with E-state index >= 15 is 0 Å². The van der Waals surface area contributed by atoms with Gasteiger partial charge in [-0.2, -0.15) is 10.1 Å². The molecule has 0 aromatic carbocycles. The zero-order valence-electron chi connectivity index (χ0n) is 8.38. The summed E-state index contributed by atoms with van der Waals surface area (Å²) in [5.41, 5.74) is 0.505. The minimum absolute atomic E-state index is 0.251. The van der Waals surface area contributed by atoms with Crippen molar-refractivity contribution in [3.05, 3.63) is 34.8 Å². The number of aromatic nitrogens is 4. The van der Waals surface area contributed by atoms with Crippen molar-refractivity contribution >= 4 is 27.8 Å². The van der Waals surface area contributed by atoms with Crippen molar-refractivity contribution in [3.8, 4) is 0 Å². The maximum Gasteiger partial charge on any atom is 0.258 e. The summed E-state index contributed by atoms with van der Waals surface area (Å²) in [6.07, 6.45) is 2.92. The van der Waals surface area contributed by atoms with Gasteiger partial charge in [0.05, 0.1) is 0 Å². The fraction of sp³-hybridized carbons (Fsp3) is 0.111. The molecule has 7 heteroatoms. The number of amides is 1. The first-order valence-corrected chi connectivity index (χ1v) is 5.23. The molecule has 0 bridgehead atoms.